The van der Waals surface area contributed by atoms with Crippen LogP contribution in [0.25, 0.3) is 0 Å². The summed E-state index contributed by atoms with van der Waals surface area (Å²) in [7, 11) is 0. The number of carboxylic acids is 1. The zero-order valence-electron chi connectivity index (χ0n) is 16.0. The first kappa shape index (κ1) is 22.9. The van der Waals surface area contributed by atoms with Crippen LogP contribution in [0, 0.1) is 11.7 Å². The van der Waals surface area contributed by atoms with Gasteiger partial charge in [-0.2, -0.15) is 0 Å². The standard InChI is InChI=1S/C19H24BrClFNO5/c1-19(2,3)28-18(26)10-4-6-23-11(8-10)5-7-27-16-12(17(24)25)9-13(22)14(20)15(16)21/h9-11,23H,4-8H2,1-3H3,(H,24,25)/t10?,11-/m1/s1. The molecule has 9 heteroatoms. The van der Waals surface area contributed by atoms with E-state index in [-0.39, 0.29) is 45.3 Å². The summed E-state index contributed by atoms with van der Waals surface area (Å²) in [5.74, 6) is -2.59. The van der Waals surface area contributed by atoms with Gasteiger partial charge >= 0.3 is 11.9 Å². The second kappa shape index (κ2) is 9.41. The maximum Gasteiger partial charge on any atom is 0.339 e. The van der Waals surface area contributed by atoms with Crippen molar-refractivity contribution in [2.75, 3.05) is 13.2 Å². The van der Waals surface area contributed by atoms with Crippen molar-refractivity contribution >= 4 is 39.5 Å². The third kappa shape index (κ3) is 6.06. The molecule has 0 bridgehead atoms. The molecule has 0 amide bonds. The number of carbonyl (C=O) groups excluding carboxylic acids is 1. The number of ether oxygens (including phenoxy) is 2. The normalized spacial score (nSPS) is 19.9. The topological polar surface area (TPSA) is 84.9 Å². The molecular formula is C19H24BrClFNO5. The Morgan fingerprint density at radius 2 is 2.11 bits per heavy atom. The van der Waals surface area contributed by atoms with E-state index in [0.29, 0.717) is 25.8 Å². The van der Waals surface area contributed by atoms with E-state index in [1.165, 1.54) is 0 Å². The molecule has 2 N–H and O–H groups in total. The van der Waals surface area contributed by atoms with Crippen LogP contribution in [0.5, 0.6) is 5.75 Å². The third-order valence-electron chi connectivity index (χ3n) is 4.30. The molecule has 0 aliphatic carbocycles. The van der Waals surface area contributed by atoms with Gasteiger partial charge in [-0.05, 0) is 68.6 Å². The summed E-state index contributed by atoms with van der Waals surface area (Å²) in [6.45, 7) is 6.35. The highest BCUT2D eigenvalue weighted by Crippen LogP contribution is 2.37. The molecule has 1 fully saturated rings. The van der Waals surface area contributed by atoms with Gasteiger partial charge in [0.15, 0.2) is 5.75 Å². The van der Waals surface area contributed by atoms with Crippen LogP contribution in [-0.2, 0) is 9.53 Å². The van der Waals surface area contributed by atoms with Crippen LogP contribution in [0.2, 0.25) is 5.02 Å². The van der Waals surface area contributed by atoms with Crippen LogP contribution in [0.4, 0.5) is 4.39 Å². The molecule has 0 radical (unpaired) electrons. The first-order valence-electron chi connectivity index (χ1n) is 8.99. The molecule has 1 aromatic carbocycles. The summed E-state index contributed by atoms with van der Waals surface area (Å²) >= 11 is 9.03. The average molecular weight is 481 g/mol. The second-order valence-corrected chi connectivity index (χ2v) is 8.88. The lowest BCUT2D eigenvalue weighted by Gasteiger charge is -2.31. The van der Waals surface area contributed by atoms with Crippen LogP contribution in [-0.4, -0.2) is 41.8 Å². The fourth-order valence-corrected chi connectivity index (χ4v) is 3.55. The molecule has 0 spiro atoms. The van der Waals surface area contributed by atoms with Crippen molar-refractivity contribution < 1.29 is 28.6 Å². The fourth-order valence-electron chi connectivity index (χ4n) is 3.01. The number of benzene rings is 1. The number of esters is 1. The molecule has 6 nitrogen and oxygen atoms in total. The number of piperidine rings is 1. The minimum absolute atomic E-state index is 0.0159. The van der Waals surface area contributed by atoms with E-state index >= 15 is 0 Å². The van der Waals surface area contributed by atoms with E-state index in [9.17, 15) is 19.1 Å². The highest BCUT2D eigenvalue weighted by atomic mass is 79.9. The Labute approximate surface area is 176 Å². The number of halogens is 3. The minimum atomic E-state index is -1.33. The lowest BCUT2D eigenvalue weighted by atomic mass is 9.91. The van der Waals surface area contributed by atoms with Gasteiger partial charge < -0.3 is 19.9 Å². The summed E-state index contributed by atoms with van der Waals surface area (Å²) in [6, 6.07) is 0.882. The smallest absolute Gasteiger partial charge is 0.339 e. The number of nitrogens with one attached hydrogen (secondary N) is 1. The highest BCUT2D eigenvalue weighted by molar-refractivity contribution is 9.10. The van der Waals surface area contributed by atoms with Crippen molar-refractivity contribution in [3.8, 4) is 5.75 Å². The Morgan fingerprint density at radius 3 is 2.71 bits per heavy atom. The zero-order valence-corrected chi connectivity index (χ0v) is 18.3. The van der Waals surface area contributed by atoms with Crippen molar-refractivity contribution in [3.05, 3.63) is 26.9 Å². The van der Waals surface area contributed by atoms with Crippen LogP contribution in [0.3, 0.4) is 0 Å². The van der Waals surface area contributed by atoms with Crippen molar-refractivity contribution in [2.24, 2.45) is 5.92 Å². The molecule has 1 saturated heterocycles. The first-order chi connectivity index (χ1) is 13.0. The number of hydrogen-bond donors (Lipinski definition) is 2. The maximum absolute atomic E-state index is 13.7. The van der Waals surface area contributed by atoms with E-state index in [1.807, 2.05) is 20.8 Å². The van der Waals surface area contributed by atoms with E-state index in [0.717, 1.165) is 6.07 Å². The summed E-state index contributed by atoms with van der Waals surface area (Å²) < 4.78 is 24.7. The number of carbonyl (C=O) groups is 2. The van der Waals surface area contributed by atoms with Crippen LogP contribution in [0.15, 0.2) is 10.5 Å². The lowest BCUT2D eigenvalue weighted by Crippen LogP contribution is -2.42. The average Bonchev–Trinajstić information content (AvgIpc) is 2.60. The quantitative estimate of drug-likeness (QED) is 0.463. The van der Waals surface area contributed by atoms with Gasteiger partial charge in [0, 0.05) is 6.04 Å². The minimum Gasteiger partial charge on any atom is -0.491 e. The predicted octanol–water partition coefficient (Wildman–Crippen LogP) is 4.42. The van der Waals surface area contributed by atoms with E-state index in [2.05, 4.69) is 21.2 Å². The molecular weight excluding hydrogens is 457 g/mol. The summed E-state index contributed by atoms with van der Waals surface area (Å²) in [5, 5.41) is 12.5. The van der Waals surface area contributed by atoms with Gasteiger partial charge in [-0.15, -0.1) is 0 Å². The summed E-state index contributed by atoms with van der Waals surface area (Å²) in [6.07, 6.45) is 1.83. The van der Waals surface area contributed by atoms with E-state index in [1.54, 1.807) is 0 Å². The molecule has 1 unspecified atom stereocenters. The monoisotopic (exact) mass is 479 g/mol. The molecule has 2 rings (SSSR count). The van der Waals surface area contributed by atoms with E-state index < -0.39 is 17.4 Å². The third-order valence-corrected chi connectivity index (χ3v) is 5.66. The van der Waals surface area contributed by atoms with Crippen molar-refractivity contribution in [2.45, 2.75) is 51.7 Å². The maximum atomic E-state index is 13.7. The number of rotatable bonds is 6. The fraction of sp³-hybridized carbons (Fsp3) is 0.579. The molecule has 1 heterocycles. The molecule has 1 aromatic rings. The molecule has 28 heavy (non-hydrogen) atoms. The summed E-state index contributed by atoms with van der Waals surface area (Å²) in [5.41, 5.74) is -0.866. The van der Waals surface area contributed by atoms with Crippen LogP contribution < -0.4 is 10.1 Å². The predicted molar refractivity (Wildman–Crippen MR) is 107 cm³/mol. The zero-order chi connectivity index (χ0) is 21.1. The highest BCUT2D eigenvalue weighted by Gasteiger charge is 2.30. The molecule has 1 aliphatic heterocycles. The Balaban J connectivity index is 1.97. The number of hydrogen-bond acceptors (Lipinski definition) is 5. The lowest BCUT2D eigenvalue weighted by molar-refractivity contribution is -0.161. The number of aromatic carboxylic acids is 1. The summed E-state index contributed by atoms with van der Waals surface area (Å²) in [4.78, 5) is 23.6. The van der Waals surface area contributed by atoms with Crippen molar-refractivity contribution in [1.29, 1.82) is 0 Å². The van der Waals surface area contributed by atoms with Gasteiger partial charge in [-0.3, -0.25) is 4.79 Å². The molecule has 2 atom stereocenters. The molecule has 0 saturated carbocycles. The van der Waals surface area contributed by atoms with Gasteiger partial charge in [0.25, 0.3) is 0 Å². The first-order valence-corrected chi connectivity index (χ1v) is 10.2. The molecule has 0 aromatic heterocycles. The van der Waals surface area contributed by atoms with Crippen LogP contribution in [0.1, 0.15) is 50.4 Å². The van der Waals surface area contributed by atoms with Gasteiger partial charge in [0.05, 0.1) is 17.0 Å². The Morgan fingerprint density at radius 1 is 1.43 bits per heavy atom. The van der Waals surface area contributed by atoms with Gasteiger partial charge in [0.2, 0.25) is 0 Å². The second-order valence-electron chi connectivity index (χ2n) is 7.71. The van der Waals surface area contributed by atoms with Crippen LogP contribution >= 0.6 is 27.5 Å². The Hall–Kier alpha value is -1.38. The van der Waals surface area contributed by atoms with Gasteiger partial charge in [-0.1, -0.05) is 11.6 Å². The molecule has 1 aliphatic rings. The SMILES string of the molecule is CC(C)(C)OC(=O)C1CCN[C@H](CCOc2c(C(=O)O)cc(F)c(Br)c2Cl)C1. The number of carboxylic acid groups (broad SMARTS) is 1. The Kier molecular flexibility index (Phi) is 7.70. The Bertz CT molecular complexity index is 753. The van der Waals surface area contributed by atoms with E-state index in [4.69, 9.17) is 21.1 Å². The van der Waals surface area contributed by atoms with Crippen molar-refractivity contribution in [1.82, 2.24) is 5.32 Å². The largest absolute Gasteiger partial charge is 0.491 e. The van der Waals surface area contributed by atoms with Gasteiger partial charge in [-0.25, -0.2) is 9.18 Å². The van der Waals surface area contributed by atoms with Crippen molar-refractivity contribution in [3.63, 3.8) is 0 Å². The van der Waals surface area contributed by atoms with Gasteiger partial charge in [0.1, 0.15) is 22.0 Å². The molecule has 156 valence electrons.